The molecule has 1 saturated carbocycles. The zero-order chi connectivity index (χ0) is 28.2. The number of Topliss-reactive ketones (excluding diaryl/α,β-unsaturated/α-hetero) is 1. The van der Waals surface area contributed by atoms with E-state index in [0.717, 1.165) is 39.1 Å². The van der Waals surface area contributed by atoms with Crippen molar-refractivity contribution >= 4 is 22.6 Å². The van der Waals surface area contributed by atoms with Crippen LogP contribution in [0.5, 0.6) is 5.75 Å². The lowest BCUT2D eigenvalue weighted by molar-refractivity contribution is -0.122. The van der Waals surface area contributed by atoms with E-state index in [1.165, 1.54) is 6.92 Å². The molecule has 0 spiro atoms. The largest absolute Gasteiger partial charge is 0.494 e. The van der Waals surface area contributed by atoms with Crippen molar-refractivity contribution in [2.45, 2.75) is 58.2 Å². The number of nitrogens with zero attached hydrogens (tertiary/aromatic N) is 4. The summed E-state index contributed by atoms with van der Waals surface area (Å²) in [6.45, 7) is 13.8. The Morgan fingerprint density at radius 3 is 2.64 bits per heavy atom. The number of aromatic nitrogens is 1. The summed E-state index contributed by atoms with van der Waals surface area (Å²) in [6.07, 6.45) is 2.50. The van der Waals surface area contributed by atoms with Crippen molar-refractivity contribution < 1.29 is 18.7 Å². The molecule has 8 nitrogen and oxygen atoms in total. The molecule has 39 heavy (non-hydrogen) atoms. The molecule has 2 aliphatic rings. The van der Waals surface area contributed by atoms with Gasteiger partial charge in [-0.25, -0.2) is 4.39 Å². The molecule has 1 aromatic carbocycles. The summed E-state index contributed by atoms with van der Waals surface area (Å²) >= 11 is 0. The zero-order valence-electron chi connectivity index (χ0n) is 23.5. The predicted octanol–water partition coefficient (Wildman–Crippen LogP) is 4.00. The van der Waals surface area contributed by atoms with Gasteiger partial charge in [0, 0.05) is 55.8 Å². The smallest absolute Gasteiger partial charge is 0.252 e. The van der Waals surface area contributed by atoms with E-state index in [1.54, 1.807) is 18.3 Å². The van der Waals surface area contributed by atoms with Crippen molar-refractivity contribution in [1.29, 1.82) is 5.26 Å². The molecule has 1 amide bonds. The second-order valence-corrected chi connectivity index (χ2v) is 12.1. The van der Waals surface area contributed by atoms with E-state index < -0.39 is 23.4 Å². The molecule has 3 atom stereocenters. The van der Waals surface area contributed by atoms with Gasteiger partial charge in [-0.05, 0) is 71.2 Å². The van der Waals surface area contributed by atoms with Gasteiger partial charge in [0.15, 0.2) is 5.78 Å². The van der Waals surface area contributed by atoms with Gasteiger partial charge in [-0.3, -0.25) is 19.5 Å². The Labute approximate surface area is 230 Å². The molecule has 1 N–H and O–H groups in total. The molecule has 0 radical (unpaired) electrons. The first-order valence-corrected chi connectivity index (χ1v) is 13.9. The van der Waals surface area contributed by atoms with Gasteiger partial charge in [-0.15, -0.1) is 0 Å². The zero-order valence-corrected chi connectivity index (χ0v) is 23.5. The number of nitriles is 1. The van der Waals surface area contributed by atoms with Gasteiger partial charge in [0.2, 0.25) is 0 Å². The fraction of sp³-hybridized carbons (Fsp3) is 0.600. The van der Waals surface area contributed by atoms with E-state index in [-0.39, 0.29) is 30.7 Å². The Morgan fingerprint density at radius 1 is 1.21 bits per heavy atom. The molecule has 9 heteroatoms. The van der Waals surface area contributed by atoms with E-state index >= 15 is 0 Å². The van der Waals surface area contributed by atoms with Crippen LogP contribution in [-0.2, 0) is 4.79 Å². The van der Waals surface area contributed by atoms with Gasteiger partial charge in [0.25, 0.3) is 5.91 Å². The van der Waals surface area contributed by atoms with E-state index in [9.17, 15) is 19.2 Å². The van der Waals surface area contributed by atoms with E-state index in [4.69, 9.17) is 4.74 Å². The van der Waals surface area contributed by atoms with Crippen molar-refractivity contribution in [3.63, 3.8) is 0 Å². The third-order valence-corrected chi connectivity index (χ3v) is 7.95. The third kappa shape index (κ3) is 7.31. The number of rotatable bonds is 9. The van der Waals surface area contributed by atoms with Crippen LogP contribution in [0, 0.1) is 23.2 Å². The summed E-state index contributed by atoms with van der Waals surface area (Å²) < 4.78 is 20.4. The third-order valence-electron chi connectivity index (χ3n) is 7.95. The van der Waals surface area contributed by atoms with Crippen molar-refractivity contribution in [3.8, 4) is 11.8 Å². The molecule has 210 valence electrons. The molecule has 2 fully saturated rings. The molecule has 2 aromatic rings. The van der Waals surface area contributed by atoms with Crippen LogP contribution in [0.3, 0.4) is 0 Å². The molecule has 1 saturated heterocycles. The number of carbonyl (C=O) groups excluding carboxylic acids is 2. The highest BCUT2D eigenvalue weighted by Gasteiger charge is 2.45. The highest BCUT2D eigenvalue weighted by molar-refractivity contribution is 6.07. The summed E-state index contributed by atoms with van der Waals surface area (Å²) in [6, 6.07) is 9.12. The maximum Gasteiger partial charge on any atom is 0.252 e. The number of ketones is 1. The summed E-state index contributed by atoms with van der Waals surface area (Å²) in [5.74, 6) is -1.46. The number of alkyl halides is 1. The Bertz CT molecular complexity index is 1230. The summed E-state index contributed by atoms with van der Waals surface area (Å²) in [7, 11) is 0. The first-order chi connectivity index (χ1) is 18.5. The van der Waals surface area contributed by atoms with Crippen LogP contribution >= 0.6 is 0 Å². The number of fused-ring (bicyclic) bond motifs is 1. The highest BCUT2D eigenvalue weighted by Crippen LogP contribution is 2.41. The van der Waals surface area contributed by atoms with Crippen LogP contribution in [0.4, 0.5) is 4.39 Å². The topological polar surface area (TPSA) is 98.6 Å². The Balaban J connectivity index is 1.30. The molecule has 1 aliphatic heterocycles. The molecule has 4 rings (SSSR count). The predicted molar refractivity (Wildman–Crippen MR) is 148 cm³/mol. The number of halogens is 1. The lowest BCUT2D eigenvalue weighted by atomic mass is 9.93. The number of amides is 1. The maximum atomic E-state index is 14.4. The van der Waals surface area contributed by atoms with Gasteiger partial charge >= 0.3 is 0 Å². The summed E-state index contributed by atoms with van der Waals surface area (Å²) in [5.41, 5.74) is -0.302. The first kappa shape index (κ1) is 28.9. The fourth-order valence-electron chi connectivity index (χ4n) is 5.69. The van der Waals surface area contributed by atoms with Crippen LogP contribution < -0.4 is 10.1 Å². The minimum Gasteiger partial charge on any atom is -0.494 e. The average Bonchev–Trinajstić information content (AvgIpc) is 3.23. The van der Waals surface area contributed by atoms with Crippen LogP contribution in [0.2, 0.25) is 0 Å². The molecule has 1 aliphatic carbocycles. The van der Waals surface area contributed by atoms with Gasteiger partial charge < -0.3 is 15.0 Å². The van der Waals surface area contributed by atoms with Gasteiger partial charge in [0.1, 0.15) is 11.4 Å². The van der Waals surface area contributed by atoms with Gasteiger partial charge in [0.05, 0.1) is 36.2 Å². The second kappa shape index (κ2) is 12.0. The number of hydrogen-bond donors (Lipinski definition) is 1. The lowest BCUT2D eigenvalue weighted by Gasteiger charge is -2.42. The van der Waals surface area contributed by atoms with Crippen LogP contribution in [0.15, 0.2) is 30.5 Å². The number of pyridine rings is 1. The summed E-state index contributed by atoms with van der Waals surface area (Å²) in [5, 5.41) is 12.6. The minimum absolute atomic E-state index is 0.00589. The van der Waals surface area contributed by atoms with E-state index in [1.807, 2.05) is 18.2 Å². The molecular formula is C30H40FN5O3. The second-order valence-electron chi connectivity index (χ2n) is 12.1. The molecule has 1 aromatic heterocycles. The number of carbonyl (C=O) groups is 2. The maximum absolute atomic E-state index is 14.4. The highest BCUT2D eigenvalue weighted by atomic mass is 19.1. The number of ether oxygens (including phenoxy) is 1. The minimum atomic E-state index is -1.54. The summed E-state index contributed by atoms with van der Waals surface area (Å²) in [4.78, 5) is 35.1. The fourth-order valence-corrected chi connectivity index (χ4v) is 5.69. The Hall–Kier alpha value is -3.09. The SMILES string of the molecule is CC1(F)CC(C(=O)CNC(=O)c2ccnc3ccc(OCCCN4CCN(C(C)(C)C)CC4)cc23)[C@H](C#N)C1. The van der Waals surface area contributed by atoms with Crippen LogP contribution in [-0.4, -0.2) is 83.6 Å². The number of benzene rings is 1. The monoisotopic (exact) mass is 537 g/mol. The van der Waals surface area contributed by atoms with Gasteiger partial charge in [-0.2, -0.15) is 5.26 Å². The quantitative estimate of drug-likeness (QED) is 0.483. The standard InChI is InChI=1S/C30H40FN5O3/c1-29(2,3)36-13-11-35(12-14-36)10-5-15-39-22-6-7-26-24(16-22)23(8-9-33-26)28(38)34-20-27(37)25-18-30(4,31)17-21(25)19-32/h6-9,16,21,25H,5,10-15,17-18,20H2,1-4H3,(H,34,38)/t21-,25?,30?/m0/s1. The van der Waals surface area contributed by atoms with Crippen molar-refractivity contribution in [1.82, 2.24) is 20.1 Å². The number of nitrogens with one attached hydrogen (secondary N) is 1. The van der Waals surface area contributed by atoms with Crippen molar-refractivity contribution in [2.24, 2.45) is 11.8 Å². The van der Waals surface area contributed by atoms with Crippen LogP contribution in [0.1, 0.15) is 57.3 Å². The number of piperazine rings is 1. The first-order valence-electron chi connectivity index (χ1n) is 13.9. The van der Waals surface area contributed by atoms with Crippen molar-refractivity contribution in [2.75, 3.05) is 45.9 Å². The van der Waals surface area contributed by atoms with E-state index in [2.05, 4.69) is 40.9 Å². The van der Waals surface area contributed by atoms with Gasteiger partial charge in [-0.1, -0.05) is 0 Å². The van der Waals surface area contributed by atoms with Crippen molar-refractivity contribution in [3.05, 3.63) is 36.0 Å². The average molecular weight is 538 g/mol. The van der Waals surface area contributed by atoms with Crippen LogP contribution in [0.25, 0.3) is 10.9 Å². The number of hydrogen-bond acceptors (Lipinski definition) is 7. The molecular weight excluding hydrogens is 497 g/mol. The lowest BCUT2D eigenvalue weighted by Crippen LogP contribution is -2.53. The molecule has 0 bridgehead atoms. The normalized spacial score (nSPS) is 24.4. The Morgan fingerprint density at radius 2 is 1.95 bits per heavy atom. The molecule has 2 heterocycles. The Kier molecular flexibility index (Phi) is 8.87. The van der Waals surface area contributed by atoms with E-state index in [0.29, 0.717) is 28.8 Å². The molecule has 2 unspecified atom stereocenters.